The lowest BCUT2D eigenvalue weighted by molar-refractivity contribution is -0.145. The number of carbonyl (C=O) groups is 1. The maximum absolute atomic E-state index is 11.4. The van der Waals surface area contributed by atoms with Crippen LogP contribution in [0.3, 0.4) is 0 Å². The molecule has 1 aliphatic rings. The molecule has 2 aromatic rings. The number of thiazole rings is 1. The van der Waals surface area contributed by atoms with Gasteiger partial charge in [0.15, 0.2) is 0 Å². The third kappa shape index (κ3) is 2.70. The number of aliphatic carboxylic acids is 1. The fraction of sp³-hybridized carbons (Fsp3) is 0.500. The van der Waals surface area contributed by atoms with Crippen molar-refractivity contribution in [1.29, 1.82) is 0 Å². The summed E-state index contributed by atoms with van der Waals surface area (Å²) in [5.74, 6) is 0.0306. The predicted molar refractivity (Wildman–Crippen MR) is 81.0 cm³/mol. The number of aromatic nitrogens is 1. The van der Waals surface area contributed by atoms with E-state index >= 15 is 0 Å². The first-order valence-electron chi connectivity index (χ1n) is 7.20. The molecular formula is C16H19NO2S. The van der Waals surface area contributed by atoms with E-state index in [9.17, 15) is 9.90 Å². The van der Waals surface area contributed by atoms with Crippen LogP contribution in [0.4, 0.5) is 0 Å². The van der Waals surface area contributed by atoms with Crippen molar-refractivity contribution in [3.05, 3.63) is 29.3 Å². The van der Waals surface area contributed by atoms with Gasteiger partial charge in [-0.05, 0) is 43.2 Å². The molecule has 3 unspecified atom stereocenters. The van der Waals surface area contributed by atoms with E-state index in [0.717, 1.165) is 36.2 Å². The van der Waals surface area contributed by atoms with E-state index in [2.05, 4.69) is 18.0 Å². The van der Waals surface area contributed by atoms with E-state index in [4.69, 9.17) is 0 Å². The number of para-hydroxylation sites is 1. The molecule has 3 atom stereocenters. The summed E-state index contributed by atoms with van der Waals surface area (Å²) in [6.45, 7) is 2.23. The number of carboxylic acids is 1. The maximum Gasteiger partial charge on any atom is 0.306 e. The average Bonchev–Trinajstić information content (AvgIpc) is 2.80. The number of nitrogens with zero attached hydrogens (tertiary/aromatic N) is 1. The van der Waals surface area contributed by atoms with Crippen LogP contribution in [0.1, 0.15) is 31.2 Å². The van der Waals surface area contributed by atoms with Crippen LogP contribution in [0.5, 0.6) is 0 Å². The Hall–Kier alpha value is -1.42. The van der Waals surface area contributed by atoms with Crippen LogP contribution in [0.25, 0.3) is 10.2 Å². The van der Waals surface area contributed by atoms with Crippen molar-refractivity contribution in [3.8, 4) is 0 Å². The van der Waals surface area contributed by atoms with E-state index in [1.165, 1.54) is 4.70 Å². The summed E-state index contributed by atoms with van der Waals surface area (Å²) in [6.07, 6.45) is 3.66. The maximum atomic E-state index is 11.4. The molecule has 1 aliphatic carbocycles. The van der Waals surface area contributed by atoms with Crippen LogP contribution >= 0.6 is 11.3 Å². The quantitative estimate of drug-likeness (QED) is 0.930. The molecule has 1 N–H and O–H groups in total. The zero-order valence-corrected chi connectivity index (χ0v) is 12.4. The van der Waals surface area contributed by atoms with Gasteiger partial charge in [0.1, 0.15) is 0 Å². The molecule has 0 aliphatic heterocycles. The molecule has 0 spiro atoms. The summed E-state index contributed by atoms with van der Waals surface area (Å²) in [4.78, 5) is 16.1. The molecule has 1 saturated carbocycles. The Morgan fingerprint density at radius 2 is 2.20 bits per heavy atom. The lowest BCUT2D eigenvalue weighted by Crippen LogP contribution is -2.31. The van der Waals surface area contributed by atoms with Gasteiger partial charge in [-0.15, -0.1) is 11.3 Å². The number of fused-ring (bicyclic) bond motifs is 1. The number of benzene rings is 1. The summed E-state index contributed by atoms with van der Waals surface area (Å²) in [5, 5.41) is 10.5. The Kier molecular flexibility index (Phi) is 3.74. The first-order valence-corrected chi connectivity index (χ1v) is 8.02. The SMILES string of the molecule is CC1CCC(C(=O)O)C(Cc2nc3ccccc3s2)C1. The van der Waals surface area contributed by atoms with Crippen molar-refractivity contribution in [2.24, 2.45) is 17.8 Å². The lowest BCUT2D eigenvalue weighted by Gasteiger charge is -2.31. The van der Waals surface area contributed by atoms with E-state index < -0.39 is 5.97 Å². The lowest BCUT2D eigenvalue weighted by atomic mass is 9.73. The first kappa shape index (κ1) is 13.6. The van der Waals surface area contributed by atoms with Crippen LogP contribution in [0, 0.1) is 17.8 Å². The van der Waals surface area contributed by atoms with Gasteiger partial charge in [-0.25, -0.2) is 4.98 Å². The Morgan fingerprint density at radius 1 is 1.40 bits per heavy atom. The third-order valence-electron chi connectivity index (χ3n) is 4.34. The molecule has 1 aromatic heterocycles. The minimum absolute atomic E-state index is 0.196. The van der Waals surface area contributed by atoms with Crippen LogP contribution in [0.2, 0.25) is 0 Å². The summed E-state index contributed by atoms with van der Waals surface area (Å²) < 4.78 is 1.19. The summed E-state index contributed by atoms with van der Waals surface area (Å²) >= 11 is 1.70. The second kappa shape index (κ2) is 5.52. The van der Waals surface area contributed by atoms with Gasteiger partial charge in [0.25, 0.3) is 0 Å². The minimum atomic E-state index is -0.636. The molecular weight excluding hydrogens is 270 g/mol. The van der Waals surface area contributed by atoms with Gasteiger partial charge in [0.05, 0.1) is 21.1 Å². The zero-order valence-electron chi connectivity index (χ0n) is 11.6. The summed E-state index contributed by atoms with van der Waals surface area (Å²) in [6, 6.07) is 8.11. The van der Waals surface area contributed by atoms with Crippen molar-refractivity contribution >= 4 is 27.5 Å². The van der Waals surface area contributed by atoms with Crippen LogP contribution in [-0.2, 0) is 11.2 Å². The second-order valence-corrected chi connectivity index (χ2v) is 7.02. The smallest absolute Gasteiger partial charge is 0.306 e. The number of hydrogen-bond acceptors (Lipinski definition) is 3. The molecule has 0 amide bonds. The highest BCUT2D eigenvalue weighted by atomic mass is 32.1. The van der Waals surface area contributed by atoms with E-state index in [1.807, 2.05) is 18.2 Å². The van der Waals surface area contributed by atoms with Gasteiger partial charge in [-0.2, -0.15) is 0 Å². The fourth-order valence-electron chi connectivity index (χ4n) is 3.28. The van der Waals surface area contributed by atoms with Crippen LogP contribution in [0.15, 0.2) is 24.3 Å². The molecule has 1 fully saturated rings. The van der Waals surface area contributed by atoms with Crippen molar-refractivity contribution in [1.82, 2.24) is 4.98 Å². The number of rotatable bonds is 3. The van der Waals surface area contributed by atoms with Crippen LogP contribution in [-0.4, -0.2) is 16.1 Å². The highest BCUT2D eigenvalue weighted by Gasteiger charge is 2.34. The first-order chi connectivity index (χ1) is 9.63. The molecule has 0 radical (unpaired) electrons. The Balaban J connectivity index is 1.81. The van der Waals surface area contributed by atoms with Gasteiger partial charge >= 0.3 is 5.97 Å². The standard InChI is InChI=1S/C16H19NO2S/c1-10-6-7-12(16(18)19)11(8-10)9-15-17-13-4-2-3-5-14(13)20-15/h2-5,10-12H,6-9H2,1H3,(H,18,19). The summed E-state index contributed by atoms with van der Waals surface area (Å²) in [5.41, 5.74) is 1.03. The predicted octanol–water partition coefficient (Wildman–Crippen LogP) is 3.98. The second-order valence-electron chi connectivity index (χ2n) is 5.90. The number of carboxylic acid groups (broad SMARTS) is 1. The van der Waals surface area contributed by atoms with Crippen molar-refractivity contribution in [3.63, 3.8) is 0 Å². The van der Waals surface area contributed by atoms with Crippen molar-refractivity contribution in [2.75, 3.05) is 0 Å². The monoisotopic (exact) mass is 289 g/mol. The van der Waals surface area contributed by atoms with Gasteiger partial charge < -0.3 is 5.11 Å². The van der Waals surface area contributed by atoms with Crippen LogP contribution < -0.4 is 0 Å². The minimum Gasteiger partial charge on any atom is -0.481 e. The van der Waals surface area contributed by atoms with E-state index in [1.54, 1.807) is 11.3 Å². The Labute approximate surface area is 122 Å². The normalized spacial score (nSPS) is 26.8. The molecule has 3 nitrogen and oxygen atoms in total. The zero-order chi connectivity index (χ0) is 14.1. The molecule has 1 aromatic carbocycles. The van der Waals surface area contributed by atoms with Gasteiger partial charge in [0.2, 0.25) is 0 Å². The van der Waals surface area contributed by atoms with Gasteiger partial charge in [-0.3, -0.25) is 4.79 Å². The largest absolute Gasteiger partial charge is 0.481 e. The molecule has 1 heterocycles. The highest BCUT2D eigenvalue weighted by molar-refractivity contribution is 7.18. The van der Waals surface area contributed by atoms with Crippen molar-refractivity contribution in [2.45, 2.75) is 32.6 Å². The molecule has 4 heteroatoms. The number of hydrogen-bond donors (Lipinski definition) is 1. The van der Waals surface area contributed by atoms with Gasteiger partial charge in [-0.1, -0.05) is 19.1 Å². The fourth-order valence-corrected chi connectivity index (χ4v) is 4.34. The molecule has 0 bridgehead atoms. The topological polar surface area (TPSA) is 50.2 Å². The van der Waals surface area contributed by atoms with Crippen molar-refractivity contribution < 1.29 is 9.90 Å². The molecule has 3 rings (SSSR count). The summed E-state index contributed by atoms with van der Waals surface area (Å²) in [7, 11) is 0. The molecule has 106 valence electrons. The Morgan fingerprint density at radius 3 is 2.95 bits per heavy atom. The Bertz CT molecular complexity index is 589. The van der Waals surface area contributed by atoms with E-state index in [0.29, 0.717) is 5.92 Å². The average molecular weight is 289 g/mol. The molecule has 0 saturated heterocycles. The molecule has 20 heavy (non-hydrogen) atoms. The highest BCUT2D eigenvalue weighted by Crippen LogP contribution is 2.37. The third-order valence-corrected chi connectivity index (χ3v) is 5.40. The van der Waals surface area contributed by atoms with E-state index in [-0.39, 0.29) is 11.8 Å². The van der Waals surface area contributed by atoms with Gasteiger partial charge in [0, 0.05) is 6.42 Å².